The third-order valence-electron chi connectivity index (χ3n) is 1.59. The molecule has 0 bridgehead atoms. The summed E-state index contributed by atoms with van der Waals surface area (Å²) in [7, 11) is 1.95. The van der Waals surface area contributed by atoms with Crippen LogP contribution in [0.2, 0.25) is 0 Å². The van der Waals surface area contributed by atoms with Crippen LogP contribution in [0.5, 0.6) is 0 Å². The van der Waals surface area contributed by atoms with Crippen LogP contribution >= 0.6 is 0 Å². The Hall–Kier alpha value is -0.500. The largest absolute Gasteiger partial charge is 0.496 e. The number of nitrogens with one attached hydrogen (secondary N) is 1. The van der Waals surface area contributed by atoms with E-state index in [2.05, 4.69) is 12.2 Å². The molecule has 0 aromatic carbocycles. The highest BCUT2D eigenvalue weighted by atomic mass is 16.5. The molecule has 0 aliphatic carbocycles. The van der Waals surface area contributed by atoms with Crippen molar-refractivity contribution >= 4 is 0 Å². The zero-order valence-corrected chi connectivity index (χ0v) is 9.98. The first-order chi connectivity index (χ1) is 6.20. The third kappa shape index (κ3) is 11.5. The lowest BCUT2D eigenvalue weighted by molar-refractivity contribution is 0.125. The summed E-state index contributed by atoms with van der Waals surface area (Å²) in [6, 6.07) is 0. The minimum absolute atomic E-state index is 0. The van der Waals surface area contributed by atoms with Crippen LogP contribution in [0.1, 0.15) is 42.5 Å². The predicted molar refractivity (Wildman–Crippen MR) is 62.0 cm³/mol. The van der Waals surface area contributed by atoms with Crippen LogP contribution in [0.4, 0.5) is 0 Å². The van der Waals surface area contributed by atoms with E-state index in [1.807, 2.05) is 40.8 Å². The summed E-state index contributed by atoms with van der Waals surface area (Å²) in [5.74, 6) is 1.01. The second kappa shape index (κ2) is 11.5. The molecule has 0 saturated carbocycles. The molecule has 82 valence electrons. The normalized spacial score (nSPS) is 12.9. The van der Waals surface area contributed by atoms with Gasteiger partial charge in [0.1, 0.15) is 0 Å². The molecule has 13 heavy (non-hydrogen) atoms. The highest BCUT2D eigenvalue weighted by molar-refractivity contribution is 4.85. The van der Waals surface area contributed by atoms with Gasteiger partial charge in [-0.15, -0.1) is 0 Å². The van der Waals surface area contributed by atoms with Gasteiger partial charge in [-0.2, -0.15) is 0 Å². The van der Waals surface area contributed by atoms with E-state index in [1.165, 1.54) is 0 Å². The Kier molecular flexibility index (Phi) is 13.3. The van der Waals surface area contributed by atoms with Gasteiger partial charge in [-0.1, -0.05) is 13.8 Å². The van der Waals surface area contributed by atoms with E-state index in [9.17, 15) is 0 Å². The lowest BCUT2D eigenvalue weighted by Gasteiger charge is -2.14. The highest BCUT2D eigenvalue weighted by Gasteiger charge is 2.00. The molecule has 1 N–H and O–H groups in total. The molecule has 0 saturated heterocycles. The Morgan fingerprint density at radius 2 is 2.08 bits per heavy atom. The Balaban J connectivity index is -0.000000376. The van der Waals surface area contributed by atoms with E-state index >= 15 is 0 Å². The first kappa shape index (κ1) is 15.0. The predicted octanol–water partition coefficient (Wildman–Crippen LogP) is 3.20. The summed E-state index contributed by atoms with van der Waals surface area (Å²) in [5, 5.41) is 3.09. The molecule has 1 atom stereocenters. The fourth-order valence-electron chi connectivity index (χ4n) is 0.792. The van der Waals surface area contributed by atoms with Gasteiger partial charge in [0.2, 0.25) is 0 Å². The highest BCUT2D eigenvalue weighted by Crippen LogP contribution is 2.03. The average molecular weight is 189 g/mol. The van der Waals surface area contributed by atoms with E-state index in [0.717, 1.165) is 18.7 Å². The second-order valence-electron chi connectivity index (χ2n) is 2.72. The van der Waals surface area contributed by atoms with Gasteiger partial charge in [0.05, 0.1) is 11.9 Å². The van der Waals surface area contributed by atoms with Crippen LogP contribution in [0, 0.1) is 0 Å². The van der Waals surface area contributed by atoms with Gasteiger partial charge in [-0.05, 0) is 46.9 Å². The van der Waals surface area contributed by atoms with Crippen LogP contribution in [-0.2, 0) is 4.74 Å². The smallest absolute Gasteiger partial charge is 0.0966 e. The molecule has 0 aliphatic rings. The van der Waals surface area contributed by atoms with Gasteiger partial charge in [0.15, 0.2) is 0 Å². The summed E-state index contributed by atoms with van der Waals surface area (Å²) in [4.78, 5) is 0. The van der Waals surface area contributed by atoms with E-state index in [0.29, 0.717) is 6.10 Å². The Labute approximate surface area is 84.9 Å². The minimum atomic E-state index is 0. The number of hydrogen-bond donors (Lipinski definition) is 1. The first-order valence-electron chi connectivity index (χ1n) is 5.15. The Morgan fingerprint density at radius 3 is 2.46 bits per heavy atom. The summed E-state index contributed by atoms with van der Waals surface area (Å²) >= 11 is 0. The first-order valence-corrected chi connectivity index (χ1v) is 5.15. The molecular weight excluding hydrogens is 162 g/mol. The molecule has 0 amide bonds. The van der Waals surface area contributed by atoms with Crippen molar-refractivity contribution in [3.63, 3.8) is 0 Å². The van der Waals surface area contributed by atoms with Gasteiger partial charge in [0, 0.05) is 1.43 Å². The minimum Gasteiger partial charge on any atom is -0.496 e. The topological polar surface area (TPSA) is 21.3 Å². The van der Waals surface area contributed by atoms with Crippen LogP contribution in [0.15, 0.2) is 11.8 Å². The molecule has 0 radical (unpaired) electrons. The number of allylic oxidation sites excluding steroid dienone is 2. The van der Waals surface area contributed by atoms with Crippen molar-refractivity contribution in [1.29, 1.82) is 0 Å². The van der Waals surface area contributed by atoms with Crippen molar-refractivity contribution in [2.75, 3.05) is 13.6 Å². The molecule has 0 rings (SSSR count). The average Bonchev–Trinajstić information content (AvgIpc) is 2.17. The van der Waals surface area contributed by atoms with Crippen LogP contribution in [0.3, 0.4) is 0 Å². The van der Waals surface area contributed by atoms with Crippen LogP contribution in [0.25, 0.3) is 0 Å². The van der Waals surface area contributed by atoms with Crippen molar-refractivity contribution in [3.8, 4) is 0 Å². The quantitative estimate of drug-likeness (QED) is 0.671. The zero-order valence-electron chi connectivity index (χ0n) is 9.98. The van der Waals surface area contributed by atoms with Crippen LogP contribution in [-0.4, -0.2) is 19.7 Å². The van der Waals surface area contributed by atoms with Gasteiger partial charge in [-0.3, -0.25) is 0 Å². The van der Waals surface area contributed by atoms with Crippen molar-refractivity contribution in [2.45, 2.75) is 47.1 Å². The SMILES string of the molecule is C/C=C(/C)OC(C)CCNC.CC.[HH]. The summed E-state index contributed by atoms with van der Waals surface area (Å²) in [5.41, 5.74) is 0. The molecule has 0 spiro atoms. The number of rotatable bonds is 5. The zero-order chi connectivity index (χ0) is 10.7. The van der Waals surface area contributed by atoms with E-state index in [-0.39, 0.29) is 1.43 Å². The van der Waals surface area contributed by atoms with Gasteiger partial charge < -0.3 is 10.1 Å². The molecule has 0 aromatic heterocycles. The van der Waals surface area contributed by atoms with Crippen molar-refractivity contribution in [3.05, 3.63) is 11.8 Å². The maximum atomic E-state index is 5.52. The fourth-order valence-corrected chi connectivity index (χ4v) is 0.792. The maximum absolute atomic E-state index is 5.52. The molecule has 0 aromatic rings. The molecule has 2 heteroatoms. The molecule has 1 unspecified atom stereocenters. The van der Waals surface area contributed by atoms with Crippen LogP contribution < -0.4 is 5.32 Å². The van der Waals surface area contributed by atoms with Gasteiger partial charge >= 0.3 is 0 Å². The molecule has 0 fully saturated rings. The van der Waals surface area contributed by atoms with Gasteiger partial charge in [0.25, 0.3) is 0 Å². The van der Waals surface area contributed by atoms with Crippen molar-refractivity contribution in [1.82, 2.24) is 5.32 Å². The number of hydrogen-bond acceptors (Lipinski definition) is 2. The summed E-state index contributed by atoms with van der Waals surface area (Å²) in [6.45, 7) is 11.1. The lowest BCUT2D eigenvalue weighted by Crippen LogP contribution is -2.16. The molecule has 0 aliphatic heterocycles. The number of ether oxygens (including phenoxy) is 1. The lowest BCUT2D eigenvalue weighted by atomic mass is 10.3. The molecule has 2 nitrogen and oxygen atoms in total. The van der Waals surface area contributed by atoms with E-state index < -0.39 is 0 Å². The van der Waals surface area contributed by atoms with E-state index in [1.54, 1.807) is 0 Å². The molecular formula is C11H27NO. The summed E-state index contributed by atoms with van der Waals surface area (Å²) < 4.78 is 5.52. The molecule has 0 heterocycles. The Morgan fingerprint density at radius 1 is 1.54 bits per heavy atom. The van der Waals surface area contributed by atoms with Crippen molar-refractivity contribution < 1.29 is 6.16 Å². The van der Waals surface area contributed by atoms with Gasteiger partial charge in [-0.25, -0.2) is 0 Å². The fraction of sp³-hybridized carbons (Fsp3) is 0.818. The Bertz CT molecular complexity index is 126. The summed E-state index contributed by atoms with van der Waals surface area (Å²) in [6.07, 6.45) is 3.36. The van der Waals surface area contributed by atoms with E-state index in [4.69, 9.17) is 4.74 Å². The maximum Gasteiger partial charge on any atom is 0.0966 e. The standard InChI is InChI=1S/C9H19NO.C2H6.H2/c1-5-8(2)11-9(3)6-7-10-4;1-2;/h5,9-10H,6-7H2,1-4H3;1-2H3;1H/b8-5-;;. The second-order valence-corrected chi connectivity index (χ2v) is 2.72. The monoisotopic (exact) mass is 189 g/mol. The third-order valence-corrected chi connectivity index (χ3v) is 1.59. The van der Waals surface area contributed by atoms with Crippen molar-refractivity contribution in [2.24, 2.45) is 0 Å².